The van der Waals surface area contributed by atoms with E-state index in [1.807, 2.05) is 32.9 Å². The molecule has 0 aromatic rings. The van der Waals surface area contributed by atoms with E-state index in [9.17, 15) is 4.79 Å². The van der Waals surface area contributed by atoms with Gasteiger partial charge in [-0.25, -0.2) is 0 Å². The van der Waals surface area contributed by atoms with Crippen LogP contribution in [0.4, 0.5) is 0 Å². The normalized spacial score (nSPS) is 12.9. The fourth-order valence-electron chi connectivity index (χ4n) is 1.01. The lowest BCUT2D eigenvalue weighted by Gasteiger charge is -2.06. The molecule has 16 heavy (non-hydrogen) atoms. The number of rotatable bonds is 6. The summed E-state index contributed by atoms with van der Waals surface area (Å²) in [7, 11) is 0. The maximum absolute atomic E-state index is 10.5. The predicted molar refractivity (Wildman–Crippen MR) is 69.3 cm³/mol. The first kappa shape index (κ1) is 17.1. The molecule has 0 aliphatic rings. The SMILES string of the molecule is C=C/C=C\C(=C/CC)CC(N)C(=O)O.CC. The van der Waals surface area contributed by atoms with Crippen molar-refractivity contribution in [3.05, 3.63) is 36.5 Å². The molecule has 0 spiro atoms. The summed E-state index contributed by atoms with van der Waals surface area (Å²) in [6.45, 7) is 9.54. The van der Waals surface area contributed by atoms with Crippen molar-refractivity contribution in [1.29, 1.82) is 0 Å². The van der Waals surface area contributed by atoms with Crippen molar-refractivity contribution in [3.63, 3.8) is 0 Å². The number of hydrogen-bond acceptors (Lipinski definition) is 2. The van der Waals surface area contributed by atoms with Gasteiger partial charge >= 0.3 is 5.97 Å². The van der Waals surface area contributed by atoms with Gasteiger partial charge in [0, 0.05) is 0 Å². The molecule has 0 aliphatic carbocycles. The lowest BCUT2D eigenvalue weighted by Crippen LogP contribution is -2.30. The highest BCUT2D eigenvalue weighted by atomic mass is 16.4. The van der Waals surface area contributed by atoms with E-state index in [0.29, 0.717) is 6.42 Å². The Morgan fingerprint density at radius 3 is 2.44 bits per heavy atom. The maximum atomic E-state index is 10.5. The van der Waals surface area contributed by atoms with Crippen LogP contribution in [0.2, 0.25) is 0 Å². The van der Waals surface area contributed by atoms with Crippen molar-refractivity contribution in [1.82, 2.24) is 0 Å². The lowest BCUT2D eigenvalue weighted by molar-refractivity contribution is -0.138. The fraction of sp³-hybridized carbons (Fsp3) is 0.462. The summed E-state index contributed by atoms with van der Waals surface area (Å²) in [5, 5.41) is 8.63. The quantitative estimate of drug-likeness (QED) is 0.683. The molecule has 1 atom stereocenters. The zero-order valence-corrected chi connectivity index (χ0v) is 10.4. The van der Waals surface area contributed by atoms with Gasteiger partial charge < -0.3 is 10.8 Å². The molecule has 92 valence electrons. The minimum Gasteiger partial charge on any atom is -0.480 e. The summed E-state index contributed by atoms with van der Waals surface area (Å²) in [5.74, 6) is -0.973. The third-order valence-electron chi connectivity index (χ3n) is 1.69. The zero-order valence-electron chi connectivity index (χ0n) is 10.4. The number of allylic oxidation sites excluding steroid dienone is 4. The first-order valence-electron chi connectivity index (χ1n) is 5.58. The third kappa shape index (κ3) is 9.21. The van der Waals surface area contributed by atoms with Gasteiger partial charge in [0.05, 0.1) is 0 Å². The molecular weight excluding hydrogens is 202 g/mol. The van der Waals surface area contributed by atoms with E-state index >= 15 is 0 Å². The molecule has 0 heterocycles. The van der Waals surface area contributed by atoms with Crippen LogP contribution in [0, 0.1) is 0 Å². The van der Waals surface area contributed by atoms with E-state index in [1.54, 1.807) is 12.2 Å². The summed E-state index contributed by atoms with van der Waals surface area (Å²) < 4.78 is 0. The fourth-order valence-corrected chi connectivity index (χ4v) is 1.01. The van der Waals surface area contributed by atoms with Crippen molar-refractivity contribution in [2.45, 2.75) is 39.7 Å². The van der Waals surface area contributed by atoms with Crippen LogP contribution in [0.5, 0.6) is 0 Å². The zero-order chi connectivity index (χ0) is 13.0. The Morgan fingerprint density at radius 1 is 1.50 bits per heavy atom. The number of carboxylic acids is 1. The average molecular weight is 225 g/mol. The highest BCUT2D eigenvalue weighted by Crippen LogP contribution is 2.07. The van der Waals surface area contributed by atoms with E-state index < -0.39 is 12.0 Å². The highest BCUT2D eigenvalue weighted by Gasteiger charge is 2.11. The van der Waals surface area contributed by atoms with E-state index in [2.05, 4.69) is 6.58 Å². The summed E-state index contributed by atoms with van der Waals surface area (Å²) in [5.41, 5.74) is 6.35. The topological polar surface area (TPSA) is 63.3 Å². The second-order valence-electron chi connectivity index (χ2n) is 2.93. The molecule has 0 aliphatic heterocycles. The molecule has 0 bridgehead atoms. The number of nitrogens with two attached hydrogens (primary N) is 1. The van der Waals surface area contributed by atoms with E-state index in [1.165, 1.54) is 0 Å². The van der Waals surface area contributed by atoms with Crippen molar-refractivity contribution in [2.75, 3.05) is 0 Å². The van der Waals surface area contributed by atoms with E-state index in [0.717, 1.165) is 12.0 Å². The van der Waals surface area contributed by atoms with Gasteiger partial charge in [-0.2, -0.15) is 0 Å². The summed E-state index contributed by atoms with van der Waals surface area (Å²) in [6.07, 6.45) is 8.44. The van der Waals surface area contributed by atoms with Crippen LogP contribution in [0.3, 0.4) is 0 Å². The summed E-state index contributed by atoms with van der Waals surface area (Å²) in [4.78, 5) is 10.5. The van der Waals surface area contributed by atoms with Crippen LogP contribution < -0.4 is 5.73 Å². The largest absolute Gasteiger partial charge is 0.480 e. The Balaban J connectivity index is 0. The van der Waals surface area contributed by atoms with Gasteiger partial charge in [0.1, 0.15) is 6.04 Å². The Kier molecular flexibility index (Phi) is 12.5. The highest BCUT2D eigenvalue weighted by molar-refractivity contribution is 5.73. The molecule has 1 unspecified atom stereocenters. The van der Waals surface area contributed by atoms with Crippen molar-refractivity contribution in [3.8, 4) is 0 Å². The Hall–Kier alpha value is -1.35. The van der Waals surface area contributed by atoms with Crippen LogP contribution in [0.15, 0.2) is 36.5 Å². The van der Waals surface area contributed by atoms with E-state index in [4.69, 9.17) is 10.8 Å². The van der Waals surface area contributed by atoms with Crippen LogP contribution in [0.1, 0.15) is 33.6 Å². The number of carbonyl (C=O) groups is 1. The summed E-state index contributed by atoms with van der Waals surface area (Å²) in [6, 6.07) is -0.831. The monoisotopic (exact) mass is 225 g/mol. The number of hydrogen-bond donors (Lipinski definition) is 2. The molecule has 0 rings (SSSR count). The van der Waals surface area contributed by atoms with Crippen molar-refractivity contribution >= 4 is 5.97 Å². The lowest BCUT2D eigenvalue weighted by atomic mass is 10.1. The third-order valence-corrected chi connectivity index (χ3v) is 1.69. The first-order chi connectivity index (χ1) is 7.61. The van der Waals surface area contributed by atoms with Crippen molar-refractivity contribution < 1.29 is 9.90 Å². The van der Waals surface area contributed by atoms with Crippen LogP contribution >= 0.6 is 0 Å². The number of aliphatic carboxylic acids is 1. The molecular formula is C13H23NO2. The minimum atomic E-state index is -0.973. The molecule has 0 aromatic carbocycles. The molecule has 0 aromatic heterocycles. The van der Waals surface area contributed by atoms with Gasteiger partial charge in [0.25, 0.3) is 0 Å². The smallest absolute Gasteiger partial charge is 0.320 e. The molecule has 0 saturated heterocycles. The van der Waals surface area contributed by atoms with Gasteiger partial charge in [0.15, 0.2) is 0 Å². The van der Waals surface area contributed by atoms with Crippen LogP contribution in [0.25, 0.3) is 0 Å². The minimum absolute atomic E-state index is 0.355. The predicted octanol–water partition coefficient (Wildman–Crippen LogP) is 2.89. The molecule has 3 heteroatoms. The second kappa shape index (κ2) is 11.7. The van der Waals surface area contributed by atoms with Gasteiger partial charge in [-0.15, -0.1) is 0 Å². The summed E-state index contributed by atoms with van der Waals surface area (Å²) >= 11 is 0. The molecule has 3 N–H and O–H groups in total. The van der Waals surface area contributed by atoms with Crippen LogP contribution in [-0.2, 0) is 4.79 Å². The van der Waals surface area contributed by atoms with Crippen molar-refractivity contribution in [2.24, 2.45) is 5.73 Å². The number of carboxylic acid groups (broad SMARTS) is 1. The molecule has 3 nitrogen and oxygen atoms in total. The second-order valence-corrected chi connectivity index (χ2v) is 2.93. The van der Waals surface area contributed by atoms with Crippen LogP contribution in [-0.4, -0.2) is 17.1 Å². The molecule has 0 radical (unpaired) electrons. The maximum Gasteiger partial charge on any atom is 0.320 e. The Labute approximate surface area is 98.4 Å². The average Bonchev–Trinajstić information content (AvgIpc) is 2.28. The Morgan fingerprint density at radius 2 is 2.06 bits per heavy atom. The molecule has 0 saturated carbocycles. The van der Waals surface area contributed by atoms with Gasteiger partial charge in [0.2, 0.25) is 0 Å². The first-order valence-corrected chi connectivity index (χ1v) is 5.58. The van der Waals surface area contributed by atoms with Gasteiger partial charge in [-0.1, -0.05) is 51.7 Å². The van der Waals surface area contributed by atoms with Gasteiger partial charge in [-0.05, 0) is 18.4 Å². The van der Waals surface area contributed by atoms with Gasteiger partial charge in [-0.3, -0.25) is 4.79 Å². The van der Waals surface area contributed by atoms with E-state index in [-0.39, 0.29) is 0 Å². The molecule has 0 amide bonds. The molecule has 0 fully saturated rings. The Bertz CT molecular complexity index is 255. The standard InChI is InChI=1S/C11H17NO2.C2H6/c1-3-5-7-9(6-4-2)8-10(12)11(13)14;1-2/h3,5-7,10H,1,4,8,12H2,2H3,(H,13,14);1-2H3/b7-5-,9-6+;.